The highest BCUT2D eigenvalue weighted by atomic mass is 31.1. The number of methoxy groups -OCH3 is 1. The topological polar surface area (TPSA) is 30.8 Å². The van der Waals surface area contributed by atoms with E-state index in [1.54, 1.807) is 7.11 Å². The summed E-state index contributed by atoms with van der Waals surface area (Å²) < 4.78 is 11.9. The second-order valence-corrected chi connectivity index (χ2v) is 9.71. The largest absolute Gasteiger partial charge is 0.497 e. The van der Waals surface area contributed by atoms with E-state index in [9.17, 15) is 0 Å². The minimum Gasteiger partial charge on any atom is -0.497 e. The van der Waals surface area contributed by atoms with Gasteiger partial charge in [0.2, 0.25) is 0 Å². The Kier molecular flexibility index (Phi) is 8.26. The maximum Gasteiger partial charge on any atom is 0.124 e. The van der Waals surface area contributed by atoms with Crippen LogP contribution < -0.4 is 14.8 Å². The first-order chi connectivity index (χ1) is 15.1. The quantitative estimate of drug-likeness (QED) is 0.276. The lowest BCUT2D eigenvalue weighted by Gasteiger charge is -2.33. The van der Waals surface area contributed by atoms with Gasteiger partial charge in [-0.05, 0) is 41.1 Å². The summed E-state index contributed by atoms with van der Waals surface area (Å²) in [6, 6.07) is 25.0. The predicted octanol–water partition coefficient (Wildman–Crippen LogP) is 6.34. The van der Waals surface area contributed by atoms with E-state index in [2.05, 4.69) is 67.4 Å². The Bertz CT molecular complexity index is 1000. The summed E-state index contributed by atoms with van der Waals surface area (Å²) in [7, 11) is 4.12. The molecule has 0 spiro atoms. The number of aliphatic imine (C=N–C) groups is 1. The Morgan fingerprint density at radius 3 is 2.45 bits per heavy atom. The van der Waals surface area contributed by atoms with Gasteiger partial charge >= 0.3 is 0 Å². The number of benzene rings is 3. The number of hydrogen-bond acceptors (Lipinski definition) is 3. The minimum absolute atomic E-state index is 0.0764. The Balaban J connectivity index is 2.00. The Hall–Kier alpha value is -2.64. The van der Waals surface area contributed by atoms with Crippen molar-refractivity contribution in [2.45, 2.75) is 38.5 Å². The van der Waals surface area contributed by atoms with Crippen LogP contribution in [-0.2, 0) is 11.8 Å². The van der Waals surface area contributed by atoms with E-state index in [4.69, 9.17) is 9.47 Å². The highest BCUT2D eigenvalue weighted by Gasteiger charge is 2.31. The molecule has 0 amide bonds. The molecule has 0 heterocycles. The van der Waals surface area contributed by atoms with Crippen molar-refractivity contribution in [3.05, 3.63) is 89.5 Å². The first-order valence-electron chi connectivity index (χ1n) is 10.7. The van der Waals surface area contributed by atoms with E-state index in [0.29, 0.717) is 15.2 Å². The molecule has 2 unspecified atom stereocenters. The standard InChI is InChI=1S/C27H32NO2P/c1-5-17-27(2,31-26-14-10-9-13-22(26)19-28-3)24-18-23(29-4)15-16-25(24)30-20-21-11-7-6-8-12-21/h6-16,18-19,31H,5,17,20H2,1-4H3. The third-order valence-corrected chi connectivity index (χ3v) is 7.20. The highest BCUT2D eigenvalue weighted by molar-refractivity contribution is 7.48. The Labute approximate surface area is 188 Å². The van der Waals surface area contributed by atoms with Gasteiger partial charge in [0.25, 0.3) is 0 Å². The molecule has 31 heavy (non-hydrogen) atoms. The van der Waals surface area contributed by atoms with Crippen LogP contribution in [0.15, 0.2) is 77.8 Å². The minimum atomic E-state index is -0.0764. The third kappa shape index (κ3) is 5.95. The molecule has 2 atom stereocenters. The van der Waals surface area contributed by atoms with Gasteiger partial charge in [-0.15, -0.1) is 0 Å². The number of nitrogens with zero attached hydrogens (tertiary/aromatic N) is 1. The summed E-state index contributed by atoms with van der Waals surface area (Å²) in [6.45, 7) is 5.14. The summed E-state index contributed by atoms with van der Waals surface area (Å²) in [5.41, 5.74) is 3.54. The molecular formula is C27H32NO2P. The second-order valence-electron chi connectivity index (χ2n) is 7.82. The molecule has 3 nitrogen and oxygen atoms in total. The van der Waals surface area contributed by atoms with Crippen molar-refractivity contribution >= 4 is 20.1 Å². The molecule has 0 N–H and O–H groups in total. The van der Waals surface area contributed by atoms with Crippen LogP contribution >= 0.6 is 8.58 Å². The monoisotopic (exact) mass is 433 g/mol. The summed E-state index contributed by atoms with van der Waals surface area (Å²) in [4.78, 5) is 4.26. The van der Waals surface area contributed by atoms with Gasteiger partial charge in [-0.25, -0.2) is 0 Å². The van der Waals surface area contributed by atoms with Crippen LogP contribution in [0.3, 0.4) is 0 Å². The van der Waals surface area contributed by atoms with Gasteiger partial charge in [-0.2, -0.15) is 0 Å². The average Bonchev–Trinajstić information content (AvgIpc) is 2.80. The van der Waals surface area contributed by atoms with Crippen LogP contribution in [-0.4, -0.2) is 20.4 Å². The fraction of sp³-hybridized carbons (Fsp3) is 0.296. The number of rotatable bonds is 10. The van der Waals surface area contributed by atoms with Crippen molar-refractivity contribution in [3.8, 4) is 11.5 Å². The van der Waals surface area contributed by atoms with Gasteiger partial charge in [-0.3, -0.25) is 4.99 Å². The molecule has 0 aliphatic heterocycles. The number of ether oxygens (including phenoxy) is 2. The van der Waals surface area contributed by atoms with E-state index in [0.717, 1.165) is 29.9 Å². The lowest BCUT2D eigenvalue weighted by molar-refractivity contribution is 0.298. The lowest BCUT2D eigenvalue weighted by atomic mass is 9.94. The SMILES string of the molecule is CCCC(C)(Pc1ccccc1C=NC)c1cc(OC)ccc1OCc1ccccc1. The van der Waals surface area contributed by atoms with Gasteiger partial charge in [0.15, 0.2) is 0 Å². The maximum absolute atomic E-state index is 6.35. The van der Waals surface area contributed by atoms with Crippen LogP contribution in [0.4, 0.5) is 0 Å². The van der Waals surface area contributed by atoms with E-state index in [1.165, 1.54) is 16.4 Å². The molecule has 3 aromatic carbocycles. The molecular weight excluding hydrogens is 401 g/mol. The van der Waals surface area contributed by atoms with Crippen molar-refractivity contribution in [2.24, 2.45) is 4.99 Å². The molecule has 0 radical (unpaired) electrons. The van der Waals surface area contributed by atoms with E-state index < -0.39 is 0 Å². The molecule has 4 heteroatoms. The predicted molar refractivity (Wildman–Crippen MR) is 134 cm³/mol. The summed E-state index contributed by atoms with van der Waals surface area (Å²) in [5.74, 6) is 1.78. The van der Waals surface area contributed by atoms with Crippen LogP contribution in [0.5, 0.6) is 11.5 Å². The fourth-order valence-electron chi connectivity index (χ4n) is 3.85. The first-order valence-corrected chi connectivity index (χ1v) is 11.7. The van der Waals surface area contributed by atoms with Crippen molar-refractivity contribution in [1.82, 2.24) is 0 Å². The average molecular weight is 434 g/mol. The van der Waals surface area contributed by atoms with Gasteiger partial charge in [0, 0.05) is 24.0 Å². The van der Waals surface area contributed by atoms with E-state index >= 15 is 0 Å². The summed E-state index contributed by atoms with van der Waals surface area (Å²) in [5, 5.41) is 1.24. The van der Waals surface area contributed by atoms with Gasteiger partial charge in [0.1, 0.15) is 18.1 Å². The smallest absolute Gasteiger partial charge is 0.124 e. The molecule has 0 saturated heterocycles. The van der Waals surface area contributed by atoms with Crippen molar-refractivity contribution < 1.29 is 9.47 Å². The zero-order valence-electron chi connectivity index (χ0n) is 18.9. The van der Waals surface area contributed by atoms with Crippen molar-refractivity contribution in [3.63, 3.8) is 0 Å². The van der Waals surface area contributed by atoms with Crippen LogP contribution in [0, 0.1) is 0 Å². The molecule has 162 valence electrons. The van der Waals surface area contributed by atoms with Gasteiger partial charge in [0.05, 0.1) is 7.11 Å². The van der Waals surface area contributed by atoms with Crippen molar-refractivity contribution in [2.75, 3.05) is 14.2 Å². The van der Waals surface area contributed by atoms with Crippen molar-refractivity contribution in [1.29, 1.82) is 0 Å². The zero-order chi connectivity index (χ0) is 22.1. The highest BCUT2D eigenvalue weighted by Crippen LogP contribution is 2.49. The molecule has 3 aromatic rings. The molecule has 0 bridgehead atoms. The van der Waals surface area contributed by atoms with Gasteiger partial charge < -0.3 is 9.47 Å². The van der Waals surface area contributed by atoms with E-state index in [1.807, 2.05) is 37.5 Å². The van der Waals surface area contributed by atoms with Crippen LogP contribution in [0.1, 0.15) is 43.4 Å². The Morgan fingerprint density at radius 1 is 1.00 bits per heavy atom. The molecule has 0 aliphatic rings. The molecule has 3 rings (SSSR count). The fourth-order valence-corrected chi connectivity index (χ4v) is 5.62. The normalized spacial score (nSPS) is 13.5. The Morgan fingerprint density at radius 2 is 1.74 bits per heavy atom. The summed E-state index contributed by atoms with van der Waals surface area (Å²) in [6.07, 6.45) is 4.09. The molecule has 0 fully saturated rings. The van der Waals surface area contributed by atoms with Crippen LogP contribution in [0.2, 0.25) is 0 Å². The molecule has 0 saturated carbocycles. The van der Waals surface area contributed by atoms with Crippen LogP contribution in [0.25, 0.3) is 0 Å². The lowest BCUT2D eigenvalue weighted by Crippen LogP contribution is -2.22. The second kappa shape index (κ2) is 11.1. The molecule has 0 aliphatic carbocycles. The van der Waals surface area contributed by atoms with Gasteiger partial charge in [-0.1, -0.05) is 83.4 Å². The maximum atomic E-state index is 6.35. The number of hydrogen-bond donors (Lipinski definition) is 0. The van der Waals surface area contributed by atoms with E-state index in [-0.39, 0.29) is 5.16 Å². The first kappa shape index (κ1) is 23.0. The third-order valence-electron chi connectivity index (χ3n) is 5.41. The zero-order valence-corrected chi connectivity index (χ0v) is 19.9. The summed E-state index contributed by atoms with van der Waals surface area (Å²) >= 11 is 0. The molecule has 0 aromatic heterocycles.